The van der Waals surface area contributed by atoms with Gasteiger partial charge in [0, 0.05) is 40.9 Å². The van der Waals surface area contributed by atoms with Gasteiger partial charge in [0.15, 0.2) is 5.82 Å². The van der Waals surface area contributed by atoms with E-state index in [0.717, 1.165) is 24.3 Å². The lowest BCUT2D eigenvalue weighted by atomic mass is 10.1. The molecule has 2 aromatic rings. The van der Waals surface area contributed by atoms with E-state index in [1.807, 2.05) is 11.3 Å². The lowest BCUT2D eigenvalue weighted by Gasteiger charge is -2.16. The van der Waals surface area contributed by atoms with Crippen molar-refractivity contribution < 1.29 is 14.8 Å². The number of methoxy groups -OCH3 is 1. The molecule has 3 N–H and O–H groups in total. The third kappa shape index (κ3) is 9.07. The molecule has 176 valence electrons. The number of aliphatic hydroxyl groups is 1. The van der Waals surface area contributed by atoms with Gasteiger partial charge in [0.25, 0.3) is 6.20 Å². The fourth-order valence-electron chi connectivity index (χ4n) is 2.97. The van der Waals surface area contributed by atoms with Crippen LogP contribution in [0.5, 0.6) is 5.75 Å². The number of aryl methyl sites for hydroxylation is 1. The zero-order valence-electron chi connectivity index (χ0n) is 19.0. The molecule has 32 heavy (non-hydrogen) atoms. The first kappa shape index (κ1) is 26.0. The van der Waals surface area contributed by atoms with E-state index in [1.54, 1.807) is 43.1 Å². The van der Waals surface area contributed by atoms with Gasteiger partial charge in [-0.1, -0.05) is 12.1 Å². The molecule has 0 saturated carbocycles. The predicted molar refractivity (Wildman–Crippen MR) is 132 cm³/mol. The van der Waals surface area contributed by atoms with Crippen LogP contribution in [0.1, 0.15) is 27.0 Å². The zero-order valence-corrected chi connectivity index (χ0v) is 20.6. The summed E-state index contributed by atoms with van der Waals surface area (Å²) in [5, 5.41) is 27.3. The molecule has 1 heterocycles. The highest BCUT2D eigenvalue weighted by Gasteiger charge is 2.11. The minimum Gasteiger partial charge on any atom is -0.497 e. The molecule has 2 rings (SSSR count). The van der Waals surface area contributed by atoms with Crippen LogP contribution in [0.15, 0.2) is 42.4 Å². The summed E-state index contributed by atoms with van der Waals surface area (Å²) in [7, 11) is 5.70. The van der Waals surface area contributed by atoms with Crippen LogP contribution in [0.25, 0.3) is 0 Å². The van der Waals surface area contributed by atoms with Crippen molar-refractivity contribution in [3.63, 3.8) is 0 Å². The number of nitrogens with zero attached hydrogens (tertiary/aromatic N) is 2. The Morgan fingerprint density at radius 3 is 2.84 bits per heavy atom. The van der Waals surface area contributed by atoms with E-state index in [1.165, 1.54) is 15.3 Å². The molecule has 0 aliphatic heterocycles. The molecule has 1 atom stereocenters. The molecule has 8 nitrogen and oxygen atoms in total. The highest BCUT2D eigenvalue weighted by Crippen LogP contribution is 2.26. The van der Waals surface area contributed by atoms with Gasteiger partial charge < -0.3 is 25.4 Å². The quantitative estimate of drug-likeness (QED) is 0.215. The summed E-state index contributed by atoms with van der Waals surface area (Å²) in [6, 6.07) is 9.35. The SMILES string of the molecule is COc1cccc(C(O)CN/C(=C\[N+](=O)[O-])NCCSCc2cc(C)c(CN(C)C)s2)c1. The Morgan fingerprint density at radius 1 is 1.38 bits per heavy atom. The second-order valence-corrected chi connectivity index (χ2v) is 9.86. The number of rotatable bonds is 14. The lowest BCUT2D eigenvalue weighted by Crippen LogP contribution is -2.31. The van der Waals surface area contributed by atoms with Crippen molar-refractivity contribution in [3.05, 3.63) is 73.3 Å². The molecule has 1 unspecified atom stereocenters. The molecule has 1 aromatic heterocycles. The van der Waals surface area contributed by atoms with Crippen molar-refractivity contribution in [1.82, 2.24) is 15.5 Å². The monoisotopic (exact) mass is 480 g/mol. The van der Waals surface area contributed by atoms with Crippen LogP contribution in [0.4, 0.5) is 0 Å². The Balaban J connectivity index is 1.78. The van der Waals surface area contributed by atoms with Gasteiger partial charge in [-0.3, -0.25) is 10.1 Å². The van der Waals surface area contributed by atoms with Gasteiger partial charge in [0.2, 0.25) is 0 Å². The molecule has 0 radical (unpaired) electrons. The van der Waals surface area contributed by atoms with Crippen molar-refractivity contribution in [2.45, 2.75) is 25.3 Å². The predicted octanol–water partition coefficient (Wildman–Crippen LogP) is 3.35. The summed E-state index contributed by atoms with van der Waals surface area (Å²) >= 11 is 3.62. The molecule has 0 saturated heterocycles. The Bertz CT molecular complexity index is 902. The van der Waals surface area contributed by atoms with Gasteiger partial charge in [-0.05, 0) is 50.3 Å². The Kier molecular flexibility index (Phi) is 10.8. The summed E-state index contributed by atoms with van der Waals surface area (Å²) in [5.41, 5.74) is 2.00. The maximum atomic E-state index is 11.0. The molecule has 0 bridgehead atoms. The maximum absolute atomic E-state index is 11.0. The normalized spacial score (nSPS) is 12.6. The zero-order chi connectivity index (χ0) is 23.5. The summed E-state index contributed by atoms with van der Waals surface area (Å²) in [4.78, 5) is 15.3. The fraction of sp³-hybridized carbons (Fsp3) is 0.455. The molecule has 0 aliphatic carbocycles. The highest BCUT2D eigenvalue weighted by atomic mass is 32.2. The van der Waals surface area contributed by atoms with E-state index in [-0.39, 0.29) is 12.4 Å². The number of hydrogen-bond acceptors (Lipinski definition) is 9. The molecule has 1 aromatic carbocycles. The second kappa shape index (κ2) is 13.3. The Morgan fingerprint density at radius 2 is 2.16 bits per heavy atom. The van der Waals surface area contributed by atoms with E-state index >= 15 is 0 Å². The molecular formula is C22H32N4O4S2. The topological polar surface area (TPSA) is 99.9 Å². The van der Waals surface area contributed by atoms with Gasteiger partial charge in [0.05, 0.1) is 18.1 Å². The minimum absolute atomic E-state index is 0.135. The number of hydrogen-bond donors (Lipinski definition) is 3. The number of nitrogens with one attached hydrogen (secondary N) is 2. The molecule has 0 aliphatic rings. The van der Waals surface area contributed by atoms with Crippen LogP contribution in [0.2, 0.25) is 0 Å². The number of ether oxygens (including phenoxy) is 1. The van der Waals surface area contributed by atoms with Crippen molar-refractivity contribution in [2.75, 3.05) is 40.0 Å². The van der Waals surface area contributed by atoms with Gasteiger partial charge in [-0.2, -0.15) is 11.8 Å². The molecule has 10 heteroatoms. The second-order valence-electron chi connectivity index (χ2n) is 7.54. The number of benzene rings is 1. The fourth-order valence-corrected chi connectivity index (χ4v) is 5.22. The first-order chi connectivity index (χ1) is 15.3. The first-order valence-corrected chi connectivity index (χ1v) is 12.2. The van der Waals surface area contributed by atoms with Crippen molar-refractivity contribution in [3.8, 4) is 5.75 Å². The van der Waals surface area contributed by atoms with Crippen LogP contribution < -0.4 is 15.4 Å². The standard InChI is InChI=1S/C22H32N4O4S2/c1-16-10-19(32-21(16)13-25(2)3)15-31-9-8-23-22(14-26(28)29)24-12-20(27)17-6-5-7-18(11-17)30-4/h5-7,10-11,14,20,23-24,27H,8-9,12-13,15H2,1-4H3/b22-14-. The highest BCUT2D eigenvalue weighted by molar-refractivity contribution is 7.98. The van der Waals surface area contributed by atoms with Gasteiger partial charge >= 0.3 is 0 Å². The van der Waals surface area contributed by atoms with Crippen molar-refractivity contribution >= 4 is 23.1 Å². The van der Waals surface area contributed by atoms with Gasteiger partial charge in [-0.15, -0.1) is 11.3 Å². The average molecular weight is 481 g/mol. The molecule has 0 fully saturated rings. The summed E-state index contributed by atoms with van der Waals surface area (Å²) < 4.78 is 5.17. The summed E-state index contributed by atoms with van der Waals surface area (Å²) in [6.45, 7) is 3.80. The van der Waals surface area contributed by atoms with Crippen molar-refractivity contribution in [2.24, 2.45) is 0 Å². The summed E-state index contributed by atoms with van der Waals surface area (Å²) in [6.07, 6.45) is 0.0638. The van der Waals surface area contributed by atoms with E-state index < -0.39 is 11.0 Å². The molecule has 0 amide bonds. The third-order valence-corrected chi connectivity index (χ3v) is 6.95. The Labute approximate surface area is 197 Å². The Hall–Kier alpha value is -2.27. The van der Waals surface area contributed by atoms with Crippen LogP contribution in [0, 0.1) is 17.0 Å². The van der Waals surface area contributed by atoms with Crippen LogP contribution in [0.3, 0.4) is 0 Å². The van der Waals surface area contributed by atoms with E-state index in [4.69, 9.17) is 4.74 Å². The number of thiophene rings is 1. The van der Waals surface area contributed by atoms with Crippen LogP contribution in [-0.2, 0) is 12.3 Å². The molecule has 0 spiro atoms. The van der Waals surface area contributed by atoms with Crippen LogP contribution >= 0.6 is 23.1 Å². The lowest BCUT2D eigenvalue weighted by molar-refractivity contribution is -0.404. The largest absolute Gasteiger partial charge is 0.497 e. The van der Waals surface area contributed by atoms with E-state index in [0.29, 0.717) is 17.9 Å². The number of thioether (sulfide) groups is 1. The maximum Gasteiger partial charge on any atom is 0.274 e. The average Bonchev–Trinajstić information content (AvgIpc) is 3.09. The third-order valence-electron chi connectivity index (χ3n) is 4.54. The first-order valence-electron chi connectivity index (χ1n) is 10.2. The smallest absolute Gasteiger partial charge is 0.274 e. The van der Waals surface area contributed by atoms with E-state index in [9.17, 15) is 15.2 Å². The minimum atomic E-state index is -0.824. The van der Waals surface area contributed by atoms with Gasteiger partial charge in [0.1, 0.15) is 5.75 Å². The molecular weight excluding hydrogens is 448 g/mol. The van der Waals surface area contributed by atoms with Gasteiger partial charge in [-0.25, -0.2) is 0 Å². The number of aliphatic hydroxyl groups excluding tert-OH is 1. The van der Waals surface area contributed by atoms with Crippen molar-refractivity contribution in [1.29, 1.82) is 0 Å². The number of nitro groups is 1. The van der Waals surface area contributed by atoms with Crippen LogP contribution in [-0.4, -0.2) is 55.0 Å². The van der Waals surface area contributed by atoms with E-state index in [2.05, 4.69) is 42.6 Å². The summed E-state index contributed by atoms with van der Waals surface area (Å²) in [5.74, 6) is 2.64.